The van der Waals surface area contributed by atoms with Crippen molar-refractivity contribution in [3.63, 3.8) is 0 Å². The number of aromatic amines is 1. The summed E-state index contributed by atoms with van der Waals surface area (Å²) < 4.78 is 1.99. The van der Waals surface area contributed by atoms with Crippen LogP contribution in [0.5, 0.6) is 0 Å². The van der Waals surface area contributed by atoms with Gasteiger partial charge in [-0.05, 0) is 39.7 Å². The second kappa shape index (κ2) is 6.56. The predicted molar refractivity (Wildman–Crippen MR) is 88.2 cm³/mol. The highest BCUT2D eigenvalue weighted by Crippen LogP contribution is 2.25. The summed E-state index contributed by atoms with van der Waals surface area (Å²) in [6.07, 6.45) is 4.27. The minimum atomic E-state index is 0.248. The van der Waals surface area contributed by atoms with E-state index in [0.717, 1.165) is 55.4 Å². The molecule has 1 amide bonds. The maximum Gasteiger partial charge on any atom is 0.222 e. The van der Waals surface area contributed by atoms with E-state index >= 15 is 0 Å². The number of carbonyl (C=O) groups excluding carboxylic acids is 1. The largest absolute Gasteiger partial charge is 0.346 e. The van der Waals surface area contributed by atoms with Crippen LogP contribution in [-0.4, -0.2) is 43.6 Å². The van der Waals surface area contributed by atoms with Gasteiger partial charge in [0.25, 0.3) is 0 Å². The number of hydrogen-bond acceptors (Lipinski definition) is 3. The predicted octanol–water partition coefficient (Wildman–Crippen LogP) is 2.33. The molecular formula is C17H25N5O. The summed E-state index contributed by atoms with van der Waals surface area (Å²) in [6, 6.07) is 2.07. The first kappa shape index (κ1) is 15.8. The fourth-order valence-corrected chi connectivity index (χ4v) is 3.29. The highest BCUT2D eigenvalue weighted by molar-refractivity contribution is 5.76. The van der Waals surface area contributed by atoms with E-state index in [1.807, 2.05) is 29.6 Å². The summed E-state index contributed by atoms with van der Waals surface area (Å²) in [5, 5.41) is 4.44. The molecule has 0 aromatic carbocycles. The molecule has 6 heteroatoms. The number of hydrogen-bond donors (Lipinski definition) is 1. The zero-order valence-electron chi connectivity index (χ0n) is 14.2. The lowest BCUT2D eigenvalue weighted by Crippen LogP contribution is -2.28. The maximum atomic E-state index is 12.4. The lowest BCUT2D eigenvalue weighted by molar-refractivity contribution is -0.130. The molecule has 23 heavy (non-hydrogen) atoms. The minimum Gasteiger partial charge on any atom is -0.346 e. The highest BCUT2D eigenvalue weighted by Gasteiger charge is 2.28. The van der Waals surface area contributed by atoms with E-state index in [4.69, 9.17) is 0 Å². The maximum absolute atomic E-state index is 12.4. The Balaban J connectivity index is 1.47. The van der Waals surface area contributed by atoms with Crippen molar-refractivity contribution in [1.29, 1.82) is 0 Å². The van der Waals surface area contributed by atoms with Crippen molar-refractivity contribution in [1.82, 2.24) is 24.6 Å². The molecule has 1 saturated heterocycles. The number of aryl methyl sites for hydroxylation is 4. The monoisotopic (exact) mass is 315 g/mol. The van der Waals surface area contributed by atoms with Crippen molar-refractivity contribution in [3.05, 3.63) is 35.2 Å². The minimum absolute atomic E-state index is 0.248. The normalized spacial score (nSPS) is 17.9. The third kappa shape index (κ3) is 3.63. The molecule has 0 unspecified atom stereocenters. The first-order chi connectivity index (χ1) is 11.0. The van der Waals surface area contributed by atoms with Gasteiger partial charge in [-0.2, -0.15) is 5.10 Å². The van der Waals surface area contributed by atoms with E-state index in [2.05, 4.69) is 28.1 Å². The second-order valence-corrected chi connectivity index (χ2v) is 6.53. The van der Waals surface area contributed by atoms with Gasteiger partial charge in [-0.1, -0.05) is 0 Å². The SMILES string of the molecule is Cc1cc(C)n(CCCC(=O)N2CC[C@@H](c3ncc(C)[nH]3)C2)n1. The molecule has 1 aliphatic rings. The van der Waals surface area contributed by atoms with Crippen LogP contribution in [0.25, 0.3) is 0 Å². The summed E-state index contributed by atoms with van der Waals surface area (Å²) in [6.45, 7) is 8.48. The van der Waals surface area contributed by atoms with Gasteiger partial charge in [0.2, 0.25) is 5.91 Å². The lowest BCUT2D eigenvalue weighted by atomic mass is 10.1. The van der Waals surface area contributed by atoms with Crippen molar-refractivity contribution in [3.8, 4) is 0 Å². The number of aromatic nitrogens is 4. The standard InChI is InChI=1S/C17H25N5O/c1-12-9-14(3)22(20-12)7-4-5-16(23)21-8-6-15(11-21)17-18-10-13(2)19-17/h9-10,15H,4-8,11H2,1-3H3,(H,18,19)/t15-/m1/s1. The Bertz CT molecular complexity index is 687. The van der Waals surface area contributed by atoms with E-state index < -0.39 is 0 Å². The van der Waals surface area contributed by atoms with Crippen LogP contribution in [0, 0.1) is 20.8 Å². The molecule has 1 N–H and O–H groups in total. The average molecular weight is 315 g/mol. The Morgan fingerprint density at radius 1 is 1.39 bits per heavy atom. The Kier molecular flexibility index (Phi) is 4.50. The quantitative estimate of drug-likeness (QED) is 0.921. The summed E-state index contributed by atoms with van der Waals surface area (Å²) in [5.74, 6) is 1.61. The molecular weight excluding hydrogens is 290 g/mol. The zero-order chi connectivity index (χ0) is 16.4. The Morgan fingerprint density at radius 2 is 2.22 bits per heavy atom. The van der Waals surface area contributed by atoms with Crippen molar-refractivity contribution < 1.29 is 4.79 Å². The number of nitrogens with zero attached hydrogens (tertiary/aromatic N) is 4. The first-order valence-electron chi connectivity index (χ1n) is 8.33. The number of amides is 1. The fourth-order valence-electron chi connectivity index (χ4n) is 3.29. The summed E-state index contributed by atoms with van der Waals surface area (Å²) in [4.78, 5) is 22.0. The molecule has 3 rings (SSSR count). The molecule has 0 aliphatic carbocycles. The van der Waals surface area contributed by atoms with Crippen LogP contribution in [-0.2, 0) is 11.3 Å². The molecule has 3 heterocycles. The number of nitrogens with one attached hydrogen (secondary N) is 1. The van der Waals surface area contributed by atoms with E-state index in [9.17, 15) is 4.79 Å². The molecule has 2 aromatic heterocycles. The zero-order valence-corrected chi connectivity index (χ0v) is 14.2. The third-order valence-corrected chi connectivity index (χ3v) is 4.51. The molecule has 1 fully saturated rings. The number of H-pyrrole nitrogens is 1. The second-order valence-electron chi connectivity index (χ2n) is 6.53. The highest BCUT2D eigenvalue weighted by atomic mass is 16.2. The van der Waals surface area contributed by atoms with Gasteiger partial charge in [0.05, 0.1) is 5.69 Å². The first-order valence-corrected chi connectivity index (χ1v) is 8.33. The van der Waals surface area contributed by atoms with Crippen molar-refractivity contribution in [2.24, 2.45) is 0 Å². The number of imidazole rings is 1. The Hall–Kier alpha value is -2.11. The molecule has 0 bridgehead atoms. The van der Waals surface area contributed by atoms with Crippen molar-refractivity contribution in [2.45, 2.75) is 52.5 Å². The van der Waals surface area contributed by atoms with Gasteiger partial charge >= 0.3 is 0 Å². The van der Waals surface area contributed by atoms with Crippen LogP contribution in [0.15, 0.2) is 12.3 Å². The van der Waals surface area contributed by atoms with E-state index in [-0.39, 0.29) is 5.91 Å². The van der Waals surface area contributed by atoms with Gasteiger partial charge in [-0.25, -0.2) is 4.98 Å². The van der Waals surface area contributed by atoms with Crippen LogP contribution in [0.4, 0.5) is 0 Å². The summed E-state index contributed by atoms with van der Waals surface area (Å²) in [7, 11) is 0. The molecule has 0 saturated carbocycles. The van der Waals surface area contributed by atoms with Gasteiger partial charge in [-0.15, -0.1) is 0 Å². The molecule has 124 valence electrons. The van der Waals surface area contributed by atoms with Crippen LogP contribution >= 0.6 is 0 Å². The molecule has 0 radical (unpaired) electrons. The summed E-state index contributed by atoms with van der Waals surface area (Å²) in [5.41, 5.74) is 3.27. The van der Waals surface area contributed by atoms with Gasteiger partial charge in [-0.3, -0.25) is 9.48 Å². The Morgan fingerprint density at radius 3 is 2.87 bits per heavy atom. The van der Waals surface area contributed by atoms with E-state index in [1.165, 1.54) is 0 Å². The van der Waals surface area contributed by atoms with Gasteiger partial charge < -0.3 is 9.88 Å². The summed E-state index contributed by atoms with van der Waals surface area (Å²) >= 11 is 0. The smallest absolute Gasteiger partial charge is 0.222 e. The van der Waals surface area contributed by atoms with Gasteiger partial charge in [0.15, 0.2) is 0 Å². The van der Waals surface area contributed by atoms with Gasteiger partial charge in [0, 0.05) is 49.6 Å². The molecule has 6 nitrogen and oxygen atoms in total. The average Bonchev–Trinajstić information content (AvgIpc) is 3.20. The van der Waals surface area contributed by atoms with Gasteiger partial charge in [0.1, 0.15) is 5.82 Å². The number of carbonyl (C=O) groups is 1. The lowest BCUT2D eigenvalue weighted by Gasteiger charge is -2.16. The van der Waals surface area contributed by atoms with Crippen LogP contribution < -0.4 is 0 Å². The van der Waals surface area contributed by atoms with Crippen molar-refractivity contribution in [2.75, 3.05) is 13.1 Å². The number of likely N-dealkylation sites (tertiary alicyclic amines) is 1. The topological polar surface area (TPSA) is 66.8 Å². The van der Waals surface area contributed by atoms with Crippen LogP contribution in [0.2, 0.25) is 0 Å². The molecule has 0 spiro atoms. The fraction of sp³-hybridized carbons (Fsp3) is 0.588. The van der Waals surface area contributed by atoms with E-state index in [0.29, 0.717) is 12.3 Å². The van der Waals surface area contributed by atoms with Crippen LogP contribution in [0.1, 0.15) is 48.1 Å². The molecule has 1 atom stereocenters. The number of rotatable bonds is 5. The van der Waals surface area contributed by atoms with Crippen LogP contribution in [0.3, 0.4) is 0 Å². The third-order valence-electron chi connectivity index (χ3n) is 4.51. The molecule has 2 aromatic rings. The Labute approximate surface area is 136 Å². The van der Waals surface area contributed by atoms with Crippen molar-refractivity contribution >= 4 is 5.91 Å². The molecule has 1 aliphatic heterocycles. The van der Waals surface area contributed by atoms with E-state index in [1.54, 1.807) is 0 Å².